The first kappa shape index (κ1) is 15.3. The maximum Gasteiger partial charge on any atom is 0.185 e. The zero-order chi connectivity index (χ0) is 14.9. The van der Waals surface area contributed by atoms with Gasteiger partial charge in [-0.2, -0.15) is 0 Å². The summed E-state index contributed by atoms with van der Waals surface area (Å²) in [5.41, 5.74) is 1.80. The first-order chi connectivity index (χ1) is 10.1. The number of anilines is 1. The van der Waals surface area contributed by atoms with Crippen LogP contribution in [0.3, 0.4) is 0 Å². The van der Waals surface area contributed by atoms with Crippen LogP contribution in [0.15, 0.2) is 0 Å². The molecule has 0 spiro atoms. The Morgan fingerprint density at radius 3 is 2.86 bits per heavy atom. The third-order valence-corrected chi connectivity index (χ3v) is 5.53. The lowest BCUT2D eigenvalue weighted by molar-refractivity contribution is 0.199. The first-order valence-corrected chi connectivity index (χ1v) is 8.85. The van der Waals surface area contributed by atoms with Crippen molar-refractivity contribution in [1.29, 1.82) is 0 Å². The van der Waals surface area contributed by atoms with E-state index in [2.05, 4.69) is 24.1 Å². The minimum absolute atomic E-state index is 0.433. The van der Waals surface area contributed by atoms with Gasteiger partial charge in [-0.3, -0.25) is 0 Å². The van der Waals surface area contributed by atoms with E-state index in [1.165, 1.54) is 35.0 Å². The number of ether oxygens (including phenoxy) is 1. The summed E-state index contributed by atoms with van der Waals surface area (Å²) < 4.78 is 5.10. The van der Waals surface area contributed by atoms with Gasteiger partial charge in [-0.15, -0.1) is 11.3 Å². The number of hydrogen-bond donors (Lipinski definition) is 1. The van der Waals surface area contributed by atoms with Crippen LogP contribution in [0, 0.1) is 5.41 Å². The van der Waals surface area contributed by atoms with Gasteiger partial charge in [0.1, 0.15) is 0 Å². The van der Waals surface area contributed by atoms with Crippen LogP contribution in [0.2, 0.25) is 0 Å². The van der Waals surface area contributed by atoms with Gasteiger partial charge in [0.25, 0.3) is 0 Å². The molecule has 1 N–H and O–H groups in total. The van der Waals surface area contributed by atoms with Crippen LogP contribution >= 0.6 is 11.3 Å². The quantitative estimate of drug-likeness (QED) is 0.786. The van der Waals surface area contributed by atoms with E-state index < -0.39 is 0 Å². The fraction of sp³-hybridized carbons (Fsp3) is 0.812. The van der Waals surface area contributed by atoms with Crippen molar-refractivity contribution in [3.63, 3.8) is 0 Å². The van der Waals surface area contributed by atoms with Crippen molar-refractivity contribution in [2.24, 2.45) is 5.41 Å². The number of methoxy groups -OCH3 is 1. The van der Waals surface area contributed by atoms with Gasteiger partial charge in [-0.1, -0.05) is 13.8 Å². The van der Waals surface area contributed by atoms with Gasteiger partial charge in [0.15, 0.2) is 5.13 Å². The summed E-state index contributed by atoms with van der Waals surface area (Å²) in [6, 6.07) is 0. The van der Waals surface area contributed by atoms with Gasteiger partial charge < -0.3 is 15.0 Å². The Labute approximate surface area is 131 Å². The van der Waals surface area contributed by atoms with Crippen LogP contribution in [0.4, 0.5) is 5.13 Å². The van der Waals surface area contributed by atoms with Crippen molar-refractivity contribution in [1.82, 2.24) is 10.3 Å². The summed E-state index contributed by atoms with van der Waals surface area (Å²) in [7, 11) is 1.75. The third-order valence-electron chi connectivity index (χ3n) is 4.40. The number of nitrogens with one attached hydrogen (secondary N) is 1. The van der Waals surface area contributed by atoms with E-state index in [4.69, 9.17) is 9.72 Å². The van der Waals surface area contributed by atoms with Crippen LogP contribution in [0.25, 0.3) is 0 Å². The highest BCUT2D eigenvalue weighted by molar-refractivity contribution is 7.15. The molecule has 2 fully saturated rings. The largest absolute Gasteiger partial charge is 0.383 e. The molecule has 5 heteroatoms. The topological polar surface area (TPSA) is 37.4 Å². The summed E-state index contributed by atoms with van der Waals surface area (Å²) in [4.78, 5) is 8.91. The number of thiazole rings is 1. The summed E-state index contributed by atoms with van der Waals surface area (Å²) in [6.45, 7) is 9.62. The summed E-state index contributed by atoms with van der Waals surface area (Å²) in [5, 5.41) is 4.71. The van der Waals surface area contributed by atoms with Crippen LogP contribution < -0.4 is 10.2 Å². The molecule has 2 heterocycles. The zero-order valence-electron chi connectivity index (χ0n) is 13.4. The average molecular weight is 309 g/mol. The molecule has 1 aliphatic heterocycles. The standard InChI is InChI=1S/C16H27N3OS/c1-16(2)6-8-19(11-16)15-18-14(12-4-5-12)13(21-15)10-17-7-9-20-3/h12,17H,4-11H2,1-3H3. The van der Waals surface area contributed by atoms with Crippen molar-refractivity contribution in [2.75, 3.05) is 38.3 Å². The average Bonchev–Trinajstić information content (AvgIpc) is 3.10. The van der Waals surface area contributed by atoms with Crippen molar-refractivity contribution < 1.29 is 4.74 Å². The Balaban J connectivity index is 1.68. The van der Waals surface area contributed by atoms with Crippen molar-refractivity contribution in [3.05, 3.63) is 10.6 Å². The number of aromatic nitrogens is 1. The van der Waals surface area contributed by atoms with Crippen LogP contribution in [-0.2, 0) is 11.3 Å². The molecule has 1 saturated heterocycles. The minimum Gasteiger partial charge on any atom is -0.383 e. The molecule has 0 radical (unpaired) electrons. The zero-order valence-corrected chi connectivity index (χ0v) is 14.3. The van der Waals surface area contributed by atoms with Gasteiger partial charge in [-0.25, -0.2) is 4.98 Å². The van der Waals surface area contributed by atoms with E-state index >= 15 is 0 Å². The van der Waals surface area contributed by atoms with E-state index in [1.54, 1.807) is 7.11 Å². The van der Waals surface area contributed by atoms with E-state index in [1.807, 2.05) is 11.3 Å². The molecular formula is C16H27N3OS. The van der Waals surface area contributed by atoms with Gasteiger partial charge in [-0.05, 0) is 24.7 Å². The van der Waals surface area contributed by atoms with Crippen LogP contribution in [0.1, 0.15) is 49.6 Å². The van der Waals surface area contributed by atoms with Gasteiger partial charge >= 0.3 is 0 Å². The maximum atomic E-state index is 5.10. The molecule has 1 aromatic heterocycles. The maximum absolute atomic E-state index is 5.10. The Kier molecular flexibility index (Phi) is 4.52. The molecule has 1 aromatic rings. The minimum atomic E-state index is 0.433. The molecule has 2 aliphatic rings. The second-order valence-corrected chi connectivity index (χ2v) is 8.15. The second-order valence-electron chi connectivity index (χ2n) is 7.08. The normalized spacial score (nSPS) is 21.2. The molecule has 0 bridgehead atoms. The Morgan fingerprint density at radius 2 is 2.24 bits per heavy atom. The molecule has 1 saturated carbocycles. The highest BCUT2D eigenvalue weighted by atomic mass is 32.1. The molecule has 0 aromatic carbocycles. The van der Waals surface area contributed by atoms with Gasteiger partial charge in [0.05, 0.1) is 12.3 Å². The lowest BCUT2D eigenvalue weighted by Crippen LogP contribution is -2.22. The van der Waals surface area contributed by atoms with Crippen molar-refractivity contribution in [2.45, 2.75) is 45.6 Å². The molecule has 118 valence electrons. The molecule has 4 nitrogen and oxygen atoms in total. The highest BCUT2D eigenvalue weighted by Crippen LogP contribution is 2.45. The number of rotatable bonds is 7. The smallest absolute Gasteiger partial charge is 0.185 e. The third kappa shape index (κ3) is 3.76. The monoisotopic (exact) mass is 309 g/mol. The van der Waals surface area contributed by atoms with E-state index in [0.717, 1.165) is 38.7 Å². The Morgan fingerprint density at radius 1 is 1.43 bits per heavy atom. The van der Waals surface area contributed by atoms with Crippen molar-refractivity contribution >= 4 is 16.5 Å². The lowest BCUT2D eigenvalue weighted by atomic mass is 9.93. The lowest BCUT2D eigenvalue weighted by Gasteiger charge is -2.18. The van der Waals surface area contributed by atoms with Gasteiger partial charge in [0.2, 0.25) is 0 Å². The summed E-state index contributed by atoms with van der Waals surface area (Å²) in [6.07, 6.45) is 3.91. The summed E-state index contributed by atoms with van der Waals surface area (Å²) in [5.74, 6) is 0.727. The first-order valence-electron chi connectivity index (χ1n) is 8.03. The fourth-order valence-corrected chi connectivity index (χ4v) is 4.08. The predicted octanol–water partition coefficient (Wildman–Crippen LogP) is 2.99. The highest BCUT2D eigenvalue weighted by Gasteiger charge is 2.34. The number of hydrogen-bond acceptors (Lipinski definition) is 5. The van der Waals surface area contributed by atoms with E-state index in [0.29, 0.717) is 5.41 Å². The molecule has 0 unspecified atom stereocenters. The SMILES string of the molecule is COCCNCc1sc(N2CCC(C)(C)C2)nc1C1CC1. The molecule has 0 atom stereocenters. The molecule has 1 aliphatic carbocycles. The molecule has 0 amide bonds. The Bertz CT molecular complexity index is 482. The van der Waals surface area contributed by atoms with Gasteiger partial charge in [0, 0.05) is 44.1 Å². The number of nitrogens with zero attached hydrogens (tertiary/aromatic N) is 2. The molecular weight excluding hydrogens is 282 g/mol. The van der Waals surface area contributed by atoms with E-state index in [-0.39, 0.29) is 0 Å². The molecule has 3 rings (SSSR count). The van der Waals surface area contributed by atoms with Crippen LogP contribution in [-0.4, -0.2) is 38.3 Å². The van der Waals surface area contributed by atoms with E-state index in [9.17, 15) is 0 Å². The predicted molar refractivity (Wildman–Crippen MR) is 88.3 cm³/mol. The summed E-state index contributed by atoms with van der Waals surface area (Å²) >= 11 is 1.90. The molecule has 21 heavy (non-hydrogen) atoms. The fourth-order valence-electron chi connectivity index (χ4n) is 2.94. The van der Waals surface area contributed by atoms with Crippen molar-refractivity contribution in [3.8, 4) is 0 Å². The second kappa shape index (κ2) is 6.23. The Hall–Kier alpha value is -0.650. The van der Waals surface area contributed by atoms with Crippen LogP contribution in [0.5, 0.6) is 0 Å².